The van der Waals surface area contributed by atoms with Crippen molar-refractivity contribution < 1.29 is 42.1 Å². The van der Waals surface area contributed by atoms with E-state index < -0.39 is 32.5 Å². The van der Waals surface area contributed by atoms with Gasteiger partial charge in [0.2, 0.25) is 0 Å². The molecule has 0 spiro atoms. The maximum atomic E-state index is 12.7. The molecule has 0 bridgehead atoms. The number of quaternary nitrogens is 1. The summed E-state index contributed by atoms with van der Waals surface area (Å²) in [4.78, 5) is 37.6. The minimum atomic E-state index is -4.63. The van der Waals surface area contributed by atoms with Crippen molar-refractivity contribution in [2.24, 2.45) is 0 Å². The molecule has 0 radical (unpaired) electrons. The van der Waals surface area contributed by atoms with Crippen LogP contribution in [0.15, 0.2) is 72.9 Å². The average Bonchev–Trinajstić information content (AvgIpc) is 3.20. The Hall–Kier alpha value is -2.55. The summed E-state index contributed by atoms with van der Waals surface area (Å²) in [5.41, 5.74) is 0. The smallest absolute Gasteiger partial charge is 0.306 e. The number of rotatable bonds is 42. The number of allylic oxidation sites excluding steroid dienone is 12. The second kappa shape index (κ2) is 41.8. The van der Waals surface area contributed by atoms with Gasteiger partial charge in [-0.2, -0.15) is 0 Å². The largest absolute Gasteiger partial charge is 0.756 e. The highest BCUT2D eigenvalue weighted by atomic mass is 31.2. The van der Waals surface area contributed by atoms with Crippen LogP contribution in [0.4, 0.5) is 0 Å². The zero-order chi connectivity index (χ0) is 44.3. The van der Waals surface area contributed by atoms with Crippen LogP contribution in [0.2, 0.25) is 0 Å². The van der Waals surface area contributed by atoms with Gasteiger partial charge in [-0.3, -0.25) is 14.2 Å². The van der Waals surface area contributed by atoms with Crippen molar-refractivity contribution in [3.8, 4) is 0 Å². The van der Waals surface area contributed by atoms with Crippen LogP contribution in [0.5, 0.6) is 0 Å². The van der Waals surface area contributed by atoms with Crippen molar-refractivity contribution in [2.45, 2.75) is 187 Å². The first-order chi connectivity index (χ1) is 29.0. The molecule has 0 fully saturated rings. The number of likely N-dealkylation sites (N-methyl/N-ethyl adjacent to an activating group) is 1. The number of nitrogens with zero attached hydrogens (tertiary/aromatic N) is 1. The fourth-order valence-electron chi connectivity index (χ4n) is 6.14. The Bertz CT molecular complexity index is 1250. The van der Waals surface area contributed by atoms with Crippen molar-refractivity contribution in [1.29, 1.82) is 0 Å². The van der Waals surface area contributed by atoms with Gasteiger partial charge in [-0.05, 0) is 64.2 Å². The molecule has 0 aliphatic carbocycles. The summed E-state index contributed by atoms with van der Waals surface area (Å²) in [5, 5.41) is 0. The number of carbonyl (C=O) groups excluding carboxylic acids is 2. The molecular formula is C50H88NO8P. The predicted molar refractivity (Wildman–Crippen MR) is 249 cm³/mol. The van der Waals surface area contributed by atoms with E-state index in [2.05, 4.69) is 68.5 Å². The third kappa shape index (κ3) is 45.0. The van der Waals surface area contributed by atoms with Crippen LogP contribution in [-0.4, -0.2) is 70.0 Å². The minimum absolute atomic E-state index is 0.0382. The minimum Gasteiger partial charge on any atom is -0.756 e. The zero-order valence-electron chi connectivity index (χ0n) is 38.9. The molecular weight excluding hydrogens is 774 g/mol. The Balaban J connectivity index is 4.24. The quantitative estimate of drug-likeness (QED) is 0.0149. The lowest BCUT2D eigenvalue weighted by Crippen LogP contribution is -2.37. The topological polar surface area (TPSA) is 111 Å². The van der Waals surface area contributed by atoms with E-state index in [0.717, 1.165) is 77.0 Å². The molecule has 0 heterocycles. The van der Waals surface area contributed by atoms with Crippen LogP contribution >= 0.6 is 7.82 Å². The van der Waals surface area contributed by atoms with E-state index in [-0.39, 0.29) is 26.1 Å². The second-order valence-electron chi connectivity index (χ2n) is 16.8. The van der Waals surface area contributed by atoms with E-state index in [4.69, 9.17) is 18.5 Å². The summed E-state index contributed by atoms with van der Waals surface area (Å²) in [7, 11) is 1.14. The molecule has 10 heteroatoms. The van der Waals surface area contributed by atoms with Gasteiger partial charge in [0.15, 0.2) is 6.10 Å². The molecule has 0 aliphatic heterocycles. The Labute approximate surface area is 368 Å². The van der Waals surface area contributed by atoms with Crippen molar-refractivity contribution in [2.75, 3.05) is 47.5 Å². The third-order valence-electron chi connectivity index (χ3n) is 9.78. The molecule has 0 aromatic carbocycles. The second-order valence-corrected chi connectivity index (χ2v) is 18.2. The van der Waals surface area contributed by atoms with E-state index in [9.17, 15) is 19.0 Å². The van der Waals surface area contributed by atoms with E-state index in [1.54, 1.807) is 0 Å². The van der Waals surface area contributed by atoms with Gasteiger partial charge in [-0.15, -0.1) is 0 Å². The molecule has 0 aliphatic rings. The molecule has 0 aromatic heterocycles. The predicted octanol–water partition coefficient (Wildman–Crippen LogP) is 13.2. The molecule has 346 valence electrons. The van der Waals surface area contributed by atoms with Crippen LogP contribution < -0.4 is 4.89 Å². The van der Waals surface area contributed by atoms with Crippen molar-refractivity contribution in [3.63, 3.8) is 0 Å². The monoisotopic (exact) mass is 862 g/mol. The molecule has 2 atom stereocenters. The number of phosphoric acid groups is 1. The fraction of sp³-hybridized carbons (Fsp3) is 0.720. The van der Waals surface area contributed by atoms with Crippen molar-refractivity contribution >= 4 is 19.8 Å². The van der Waals surface area contributed by atoms with Crippen molar-refractivity contribution in [3.05, 3.63) is 72.9 Å². The maximum absolute atomic E-state index is 12.7. The van der Waals surface area contributed by atoms with Crippen LogP contribution in [0.25, 0.3) is 0 Å². The highest BCUT2D eigenvalue weighted by Crippen LogP contribution is 2.38. The fourth-order valence-corrected chi connectivity index (χ4v) is 6.87. The van der Waals surface area contributed by atoms with E-state index in [1.165, 1.54) is 70.6 Å². The molecule has 9 nitrogen and oxygen atoms in total. The van der Waals surface area contributed by atoms with Crippen LogP contribution in [0.1, 0.15) is 181 Å². The summed E-state index contributed by atoms with van der Waals surface area (Å²) in [5.74, 6) is -0.863. The summed E-state index contributed by atoms with van der Waals surface area (Å²) in [6.45, 7) is 3.95. The first-order valence-electron chi connectivity index (χ1n) is 23.7. The highest BCUT2D eigenvalue weighted by molar-refractivity contribution is 7.45. The van der Waals surface area contributed by atoms with Crippen LogP contribution in [0.3, 0.4) is 0 Å². The van der Waals surface area contributed by atoms with Gasteiger partial charge in [-0.25, -0.2) is 0 Å². The van der Waals surface area contributed by atoms with Gasteiger partial charge in [0.05, 0.1) is 27.7 Å². The molecule has 0 rings (SSSR count). The number of esters is 2. The molecule has 2 unspecified atom stereocenters. The first kappa shape index (κ1) is 57.4. The number of unbranched alkanes of at least 4 members (excludes halogenated alkanes) is 18. The number of carbonyl (C=O) groups is 2. The van der Waals surface area contributed by atoms with Gasteiger partial charge in [0.1, 0.15) is 19.8 Å². The van der Waals surface area contributed by atoms with Gasteiger partial charge < -0.3 is 27.9 Å². The maximum Gasteiger partial charge on any atom is 0.306 e. The number of phosphoric ester groups is 1. The molecule has 0 N–H and O–H groups in total. The van der Waals surface area contributed by atoms with Gasteiger partial charge >= 0.3 is 11.9 Å². The Morgan fingerprint density at radius 3 is 1.52 bits per heavy atom. The van der Waals surface area contributed by atoms with E-state index in [0.29, 0.717) is 17.4 Å². The van der Waals surface area contributed by atoms with Gasteiger partial charge in [-0.1, -0.05) is 177 Å². The molecule has 0 amide bonds. The molecule has 60 heavy (non-hydrogen) atoms. The summed E-state index contributed by atoms with van der Waals surface area (Å²) in [6.07, 6.45) is 52.2. The lowest BCUT2D eigenvalue weighted by Gasteiger charge is -2.28. The Kier molecular flexibility index (Phi) is 40.0. The summed E-state index contributed by atoms with van der Waals surface area (Å²) >= 11 is 0. The standard InChI is InChI=1S/C50H88NO8P/c1-6-8-10-12-14-16-18-20-21-22-23-24-25-26-27-28-29-31-32-34-36-38-40-42-49(52)56-46-48(47-58-60(54,55)57-45-44-51(3,4)5)59-50(53)43-41-39-37-35-33-30-19-17-15-13-11-9-7-2/h8-11,13-17,19-21,48H,6-7,12,18,22-47H2,1-5H3/b10-8+,11-9+,15-13+,16-14+,19-17+,21-20+. The normalized spacial score (nSPS) is 14.2. The van der Waals surface area contributed by atoms with Crippen LogP contribution in [-0.2, 0) is 32.7 Å². The van der Waals surface area contributed by atoms with E-state index >= 15 is 0 Å². The third-order valence-corrected chi connectivity index (χ3v) is 10.7. The lowest BCUT2D eigenvalue weighted by atomic mass is 10.0. The summed E-state index contributed by atoms with van der Waals surface area (Å²) in [6, 6.07) is 0. The lowest BCUT2D eigenvalue weighted by molar-refractivity contribution is -0.870. The molecule has 0 saturated carbocycles. The average molecular weight is 862 g/mol. The van der Waals surface area contributed by atoms with E-state index in [1.807, 2.05) is 39.4 Å². The number of hydrogen-bond acceptors (Lipinski definition) is 8. The molecule has 0 aromatic rings. The SMILES string of the molecule is CC/C=C/C=C/C=C/CCCCCCCC(=O)OC(COC(=O)CCCCCCCCCCCCCCC/C=C/C/C=C/C/C=C/CC)COP(=O)([O-])OCC[N+](C)(C)C. The van der Waals surface area contributed by atoms with Crippen molar-refractivity contribution in [1.82, 2.24) is 0 Å². The van der Waals surface area contributed by atoms with Gasteiger partial charge in [0.25, 0.3) is 7.82 Å². The highest BCUT2D eigenvalue weighted by Gasteiger charge is 2.21. The number of ether oxygens (including phenoxy) is 2. The molecule has 0 saturated heterocycles. The number of hydrogen-bond donors (Lipinski definition) is 0. The zero-order valence-corrected chi connectivity index (χ0v) is 39.8. The Morgan fingerprint density at radius 1 is 0.533 bits per heavy atom. The van der Waals surface area contributed by atoms with Crippen LogP contribution in [0, 0.1) is 0 Å². The first-order valence-corrected chi connectivity index (χ1v) is 25.1. The van der Waals surface area contributed by atoms with Gasteiger partial charge in [0, 0.05) is 12.8 Å². The Morgan fingerprint density at radius 2 is 0.983 bits per heavy atom. The summed E-state index contributed by atoms with van der Waals surface area (Å²) < 4.78 is 33.9.